The van der Waals surface area contributed by atoms with Crippen molar-refractivity contribution >= 4 is 11.6 Å². The van der Waals surface area contributed by atoms with Crippen molar-refractivity contribution in [2.45, 2.75) is 32.4 Å². The summed E-state index contributed by atoms with van der Waals surface area (Å²) in [4.78, 5) is 4.19. The van der Waals surface area contributed by atoms with Crippen LogP contribution >= 0.6 is 11.6 Å². The van der Waals surface area contributed by atoms with Gasteiger partial charge in [-0.3, -0.25) is 0 Å². The van der Waals surface area contributed by atoms with Crippen LogP contribution in [0.1, 0.15) is 30.1 Å². The van der Waals surface area contributed by atoms with Crippen LogP contribution in [0, 0.1) is 6.92 Å². The Kier molecular flexibility index (Phi) is 3.00. The average Bonchev–Trinajstić information content (AvgIpc) is 3.10. The minimum absolute atomic E-state index is 0.539. The second-order valence-electron chi connectivity index (χ2n) is 4.72. The molecule has 0 atom stereocenters. The van der Waals surface area contributed by atoms with Crippen LogP contribution in [-0.4, -0.2) is 9.55 Å². The highest BCUT2D eigenvalue weighted by atomic mass is 35.5. The Morgan fingerprint density at radius 3 is 3.06 bits per heavy atom. The zero-order valence-electron chi connectivity index (χ0n) is 10.3. The Morgan fingerprint density at radius 1 is 1.44 bits per heavy atom. The number of nitrogens with zero attached hydrogens (tertiary/aromatic N) is 2. The molecule has 0 spiro atoms. The summed E-state index contributed by atoms with van der Waals surface area (Å²) in [5.41, 5.74) is 2.22. The number of aromatic nitrogens is 2. The van der Waals surface area contributed by atoms with Crippen molar-refractivity contribution in [3.8, 4) is 5.75 Å². The average molecular weight is 263 g/mol. The molecule has 0 saturated heterocycles. The monoisotopic (exact) mass is 262 g/mol. The van der Waals surface area contributed by atoms with E-state index in [9.17, 15) is 0 Å². The number of aryl methyl sites for hydroxylation is 1. The molecule has 1 aromatic heterocycles. The quantitative estimate of drug-likeness (QED) is 0.839. The van der Waals surface area contributed by atoms with Crippen LogP contribution in [0.25, 0.3) is 0 Å². The Labute approximate surface area is 111 Å². The minimum atomic E-state index is 0.539. The molecule has 3 nitrogen and oxygen atoms in total. The molecule has 0 unspecified atom stereocenters. The third-order valence-corrected chi connectivity index (χ3v) is 3.45. The summed E-state index contributed by atoms with van der Waals surface area (Å²) in [6, 6.07) is 6.33. The van der Waals surface area contributed by atoms with Gasteiger partial charge in [-0.05, 0) is 37.5 Å². The molecule has 0 bridgehead atoms. The normalized spacial score (nSPS) is 14.8. The van der Waals surface area contributed by atoms with Crippen molar-refractivity contribution in [2.75, 3.05) is 0 Å². The van der Waals surface area contributed by atoms with Crippen LogP contribution in [0.4, 0.5) is 0 Å². The van der Waals surface area contributed by atoms with E-state index in [1.54, 1.807) is 0 Å². The van der Waals surface area contributed by atoms with Crippen LogP contribution in [0.5, 0.6) is 5.75 Å². The molecule has 1 aromatic carbocycles. The van der Waals surface area contributed by atoms with E-state index in [1.807, 2.05) is 37.6 Å². The standard InChI is InChI=1S/C14H15ClN2O/c1-10-2-3-11(15)6-14(10)18-8-13-7-16-9-17(13)12-4-5-12/h2-3,6-7,9,12H,4-5,8H2,1H3. The van der Waals surface area contributed by atoms with Gasteiger partial charge in [0.1, 0.15) is 12.4 Å². The van der Waals surface area contributed by atoms with Gasteiger partial charge in [0.25, 0.3) is 0 Å². The molecule has 0 N–H and O–H groups in total. The van der Waals surface area contributed by atoms with E-state index in [-0.39, 0.29) is 0 Å². The van der Waals surface area contributed by atoms with Crippen molar-refractivity contribution in [2.24, 2.45) is 0 Å². The fourth-order valence-corrected chi connectivity index (χ4v) is 2.17. The van der Waals surface area contributed by atoms with E-state index in [0.29, 0.717) is 17.7 Å². The molecule has 18 heavy (non-hydrogen) atoms. The molecule has 1 aliphatic rings. The first-order chi connectivity index (χ1) is 8.74. The lowest BCUT2D eigenvalue weighted by atomic mass is 10.2. The summed E-state index contributed by atoms with van der Waals surface area (Å²) in [6.07, 6.45) is 6.26. The predicted molar refractivity (Wildman–Crippen MR) is 71.0 cm³/mol. The van der Waals surface area contributed by atoms with Crippen molar-refractivity contribution < 1.29 is 4.74 Å². The maximum atomic E-state index is 5.97. The highest BCUT2D eigenvalue weighted by Crippen LogP contribution is 2.35. The van der Waals surface area contributed by atoms with Crippen LogP contribution < -0.4 is 4.74 Å². The van der Waals surface area contributed by atoms with Crippen molar-refractivity contribution in [3.05, 3.63) is 47.0 Å². The van der Waals surface area contributed by atoms with Gasteiger partial charge in [0.15, 0.2) is 0 Å². The molecule has 94 valence electrons. The molecule has 1 heterocycles. The van der Waals surface area contributed by atoms with Crippen LogP contribution in [-0.2, 0) is 6.61 Å². The van der Waals surface area contributed by atoms with Gasteiger partial charge in [-0.2, -0.15) is 0 Å². The first-order valence-electron chi connectivity index (χ1n) is 6.13. The lowest BCUT2D eigenvalue weighted by Gasteiger charge is -2.11. The summed E-state index contributed by atoms with van der Waals surface area (Å²) in [5, 5.41) is 0.700. The molecule has 1 saturated carbocycles. The van der Waals surface area contributed by atoms with Gasteiger partial charge in [0.2, 0.25) is 0 Å². The molecular weight excluding hydrogens is 248 g/mol. The second kappa shape index (κ2) is 4.65. The molecule has 0 radical (unpaired) electrons. The van der Waals surface area contributed by atoms with Gasteiger partial charge in [-0.1, -0.05) is 17.7 Å². The predicted octanol–water partition coefficient (Wildman–Crippen LogP) is 3.76. The van der Waals surface area contributed by atoms with Gasteiger partial charge in [0, 0.05) is 11.1 Å². The number of halogens is 1. The summed E-state index contributed by atoms with van der Waals surface area (Å²) in [7, 11) is 0. The molecule has 0 aliphatic heterocycles. The van der Waals surface area contributed by atoms with Crippen LogP contribution in [0.15, 0.2) is 30.7 Å². The van der Waals surface area contributed by atoms with Crippen molar-refractivity contribution in [1.29, 1.82) is 0 Å². The molecule has 4 heteroatoms. The van der Waals surface area contributed by atoms with E-state index >= 15 is 0 Å². The van der Waals surface area contributed by atoms with E-state index in [2.05, 4.69) is 9.55 Å². The van der Waals surface area contributed by atoms with E-state index < -0.39 is 0 Å². The lowest BCUT2D eigenvalue weighted by molar-refractivity contribution is 0.293. The number of benzene rings is 1. The van der Waals surface area contributed by atoms with E-state index in [0.717, 1.165) is 17.0 Å². The first kappa shape index (κ1) is 11.6. The Morgan fingerprint density at radius 2 is 2.28 bits per heavy atom. The number of rotatable bonds is 4. The molecule has 3 rings (SSSR count). The maximum absolute atomic E-state index is 5.97. The van der Waals surface area contributed by atoms with Crippen molar-refractivity contribution in [1.82, 2.24) is 9.55 Å². The highest BCUT2D eigenvalue weighted by molar-refractivity contribution is 6.30. The van der Waals surface area contributed by atoms with Gasteiger partial charge >= 0.3 is 0 Å². The summed E-state index contributed by atoms with van der Waals surface area (Å²) < 4.78 is 8.04. The molecular formula is C14H15ClN2O. The Hall–Kier alpha value is -1.48. The SMILES string of the molecule is Cc1ccc(Cl)cc1OCc1cncn1C1CC1. The Balaban J connectivity index is 1.73. The molecule has 1 fully saturated rings. The third kappa shape index (κ3) is 2.36. The van der Waals surface area contributed by atoms with Gasteiger partial charge in [-0.25, -0.2) is 4.98 Å². The Bertz CT molecular complexity index is 561. The minimum Gasteiger partial charge on any atom is -0.487 e. The van der Waals surface area contributed by atoms with Crippen LogP contribution in [0.2, 0.25) is 5.02 Å². The van der Waals surface area contributed by atoms with Gasteiger partial charge in [-0.15, -0.1) is 0 Å². The summed E-state index contributed by atoms with van der Waals surface area (Å²) in [5.74, 6) is 0.839. The second-order valence-corrected chi connectivity index (χ2v) is 5.16. The smallest absolute Gasteiger partial charge is 0.130 e. The third-order valence-electron chi connectivity index (χ3n) is 3.21. The first-order valence-corrected chi connectivity index (χ1v) is 6.51. The fraction of sp³-hybridized carbons (Fsp3) is 0.357. The topological polar surface area (TPSA) is 27.1 Å². The number of imidazole rings is 1. The fourth-order valence-electron chi connectivity index (χ4n) is 2.01. The van der Waals surface area contributed by atoms with Crippen LogP contribution in [0.3, 0.4) is 0 Å². The zero-order valence-corrected chi connectivity index (χ0v) is 11.0. The lowest BCUT2D eigenvalue weighted by Crippen LogP contribution is -2.04. The number of hydrogen-bond donors (Lipinski definition) is 0. The molecule has 2 aromatic rings. The molecule has 0 amide bonds. The number of hydrogen-bond acceptors (Lipinski definition) is 2. The van der Waals surface area contributed by atoms with Gasteiger partial charge in [0.05, 0.1) is 18.2 Å². The van der Waals surface area contributed by atoms with E-state index in [1.165, 1.54) is 12.8 Å². The van der Waals surface area contributed by atoms with Crippen molar-refractivity contribution in [3.63, 3.8) is 0 Å². The highest BCUT2D eigenvalue weighted by Gasteiger charge is 2.25. The summed E-state index contributed by atoms with van der Waals surface area (Å²) in [6.45, 7) is 2.56. The molecule has 1 aliphatic carbocycles. The van der Waals surface area contributed by atoms with E-state index in [4.69, 9.17) is 16.3 Å². The summed E-state index contributed by atoms with van der Waals surface area (Å²) >= 11 is 5.97. The largest absolute Gasteiger partial charge is 0.487 e. The number of ether oxygens (including phenoxy) is 1. The maximum Gasteiger partial charge on any atom is 0.130 e. The van der Waals surface area contributed by atoms with Gasteiger partial charge < -0.3 is 9.30 Å². The zero-order chi connectivity index (χ0) is 12.5.